The summed E-state index contributed by atoms with van der Waals surface area (Å²) in [5.41, 5.74) is 1.47. The SMILES string of the molecule is O=C(NCC(CCN1CCC(N2CCCCC2)CC1)c1ccc(Cl)c(Cl)c1)Nc1ccc(F)c(Cl)c1. The molecule has 0 spiro atoms. The Bertz CT molecular complexity index is 1030. The van der Waals surface area contributed by atoms with Crippen LogP contribution < -0.4 is 10.6 Å². The van der Waals surface area contributed by atoms with Crippen molar-refractivity contribution in [2.75, 3.05) is 44.6 Å². The summed E-state index contributed by atoms with van der Waals surface area (Å²) in [6.45, 7) is 6.10. The highest BCUT2D eigenvalue weighted by atomic mass is 35.5. The van der Waals surface area contributed by atoms with E-state index in [0.717, 1.165) is 37.7 Å². The zero-order chi connectivity index (χ0) is 25.5. The van der Waals surface area contributed by atoms with Crippen LogP contribution in [0.4, 0.5) is 14.9 Å². The molecule has 196 valence electrons. The van der Waals surface area contributed by atoms with Crippen LogP contribution in [0.15, 0.2) is 36.4 Å². The molecule has 2 fully saturated rings. The molecule has 4 rings (SSSR count). The van der Waals surface area contributed by atoms with Crippen molar-refractivity contribution in [2.24, 2.45) is 0 Å². The smallest absolute Gasteiger partial charge is 0.319 e. The zero-order valence-corrected chi connectivity index (χ0v) is 22.7. The van der Waals surface area contributed by atoms with Crippen LogP contribution in [0.2, 0.25) is 15.1 Å². The molecule has 2 saturated heterocycles. The van der Waals surface area contributed by atoms with Crippen molar-refractivity contribution in [3.63, 3.8) is 0 Å². The number of hydrogen-bond donors (Lipinski definition) is 2. The van der Waals surface area contributed by atoms with E-state index in [4.69, 9.17) is 34.8 Å². The summed E-state index contributed by atoms with van der Waals surface area (Å²) in [5.74, 6) is -0.454. The number of halogens is 4. The van der Waals surface area contributed by atoms with Crippen LogP contribution >= 0.6 is 34.8 Å². The Morgan fingerprint density at radius 3 is 2.39 bits per heavy atom. The lowest BCUT2D eigenvalue weighted by atomic mass is 9.94. The van der Waals surface area contributed by atoms with E-state index in [1.54, 1.807) is 6.07 Å². The Labute approximate surface area is 228 Å². The number of nitrogens with one attached hydrogen (secondary N) is 2. The summed E-state index contributed by atoms with van der Waals surface area (Å²) in [5, 5.41) is 6.64. The number of likely N-dealkylation sites (tertiary alicyclic amines) is 2. The summed E-state index contributed by atoms with van der Waals surface area (Å²) in [7, 11) is 0. The first-order valence-electron chi connectivity index (χ1n) is 12.8. The zero-order valence-electron chi connectivity index (χ0n) is 20.4. The molecule has 0 aromatic heterocycles. The highest BCUT2D eigenvalue weighted by Gasteiger charge is 2.26. The van der Waals surface area contributed by atoms with Crippen LogP contribution in [0.3, 0.4) is 0 Å². The van der Waals surface area contributed by atoms with E-state index in [2.05, 4.69) is 20.4 Å². The minimum Gasteiger partial charge on any atom is -0.337 e. The van der Waals surface area contributed by atoms with E-state index in [0.29, 0.717) is 22.3 Å². The second kappa shape index (κ2) is 13.3. The minimum absolute atomic E-state index is 0.0365. The number of anilines is 1. The van der Waals surface area contributed by atoms with Gasteiger partial charge in [-0.15, -0.1) is 0 Å². The van der Waals surface area contributed by atoms with Gasteiger partial charge in [0.2, 0.25) is 0 Å². The first-order chi connectivity index (χ1) is 17.4. The summed E-state index contributed by atoms with van der Waals surface area (Å²) >= 11 is 18.3. The van der Waals surface area contributed by atoms with Crippen LogP contribution in [0.1, 0.15) is 50.0 Å². The van der Waals surface area contributed by atoms with Crippen LogP contribution in [-0.2, 0) is 0 Å². The maximum Gasteiger partial charge on any atom is 0.319 e. The van der Waals surface area contributed by atoms with E-state index >= 15 is 0 Å². The Morgan fingerprint density at radius 1 is 0.944 bits per heavy atom. The van der Waals surface area contributed by atoms with Gasteiger partial charge in [-0.3, -0.25) is 0 Å². The number of carbonyl (C=O) groups excluding carboxylic acids is 1. The van der Waals surface area contributed by atoms with Crippen molar-refractivity contribution in [1.82, 2.24) is 15.1 Å². The van der Waals surface area contributed by atoms with E-state index in [1.807, 2.05) is 12.1 Å². The van der Waals surface area contributed by atoms with Crippen LogP contribution in [0.25, 0.3) is 0 Å². The molecule has 36 heavy (non-hydrogen) atoms. The van der Waals surface area contributed by atoms with Crippen molar-refractivity contribution < 1.29 is 9.18 Å². The molecule has 1 unspecified atom stereocenters. The molecule has 2 N–H and O–H groups in total. The van der Waals surface area contributed by atoms with Gasteiger partial charge in [0.05, 0.1) is 15.1 Å². The van der Waals surface area contributed by atoms with Crippen molar-refractivity contribution in [3.8, 4) is 0 Å². The molecule has 5 nitrogen and oxygen atoms in total. The lowest BCUT2D eigenvalue weighted by Crippen LogP contribution is -2.47. The summed E-state index contributed by atoms with van der Waals surface area (Å²) in [4.78, 5) is 17.8. The summed E-state index contributed by atoms with van der Waals surface area (Å²) in [6.07, 6.45) is 7.36. The van der Waals surface area contributed by atoms with E-state index in [9.17, 15) is 9.18 Å². The lowest BCUT2D eigenvalue weighted by Gasteiger charge is -2.40. The highest BCUT2D eigenvalue weighted by Crippen LogP contribution is 2.29. The Morgan fingerprint density at radius 2 is 1.69 bits per heavy atom. The van der Waals surface area contributed by atoms with Gasteiger partial charge in [-0.25, -0.2) is 9.18 Å². The van der Waals surface area contributed by atoms with Gasteiger partial charge in [-0.2, -0.15) is 0 Å². The van der Waals surface area contributed by atoms with Crippen LogP contribution in [-0.4, -0.2) is 61.1 Å². The van der Waals surface area contributed by atoms with Gasteiger partial charge in [0.1, 0.15) is 5.82 Å². The fourth-order valence-corrected chi connectivity index (χ4v) is 5.74. The summed E-state index contributed by atoms with van der Waals surface area (Å²) in [6, 6.07) is 10.1. The number of amides is 2. The first kappa shape index (κ1) is 27.5. The van der Waals surface area contributed by atoms with Crippen LogP contribution in [0.5, 0.6) is 0 Å². The van der Waals surface area contributed by atoms with E-state index < -0.39 is 5.82 Å². The molecule has 1 atom stereocenters. The largest absolute Gasteiger partial charge is 0.337 e. The molecule has 2 aromatic rings. The van der Waals surface area contributed by atoms with Gasteiger partial charge in [-0.1, -0.05) is 47.3 Å². The molecule has 2 amide bonds. The van der Waals surface area contributed by atoms with Gasteiger partial charge in [0, 0.05) is 24.2 Å². The normalized spacial score (nSPS) is 18.7. The van der Waals surface area contributed by atoms with Gasteiger partial charge in [-0.05, 0) is 101 Å². The molecule has 2 aliphatic rings. The second-order valence-electron chi connectivity index (χ2n) is 9.79. The van der Waals surface area contributed by atoms with Crippen molar-refractivity contribution >= 4 is 46.5 Å². The predicted octanol–water partition coefficient (Wildman–Crippen LogP) is 7.03. The predicted molar refractivity (Wildman–Crippen MR) is 147 cm³/mol. The number of benzene rings is 2. The second-order valence-corrected chi connectivity index (χ2v) is 11.0. The average Bonchev–Trinajstić information content (AvgIpc) is 2.89. The van der Waals surface area contributed by atoms with E-state index in [1.165, 1.54) is 63.4 Å². The molecule has 2 aliphatic heterocycles. The number of hydrogen-bond acceptors (Lipinski definition) is 3. The van der Waals surface area contributed by atoms with Crippen molar-refractivity contribution in [1.29, 1.82) is 0 Å². The quantitative estimate of drug-likeness (QED) is 0.368. The molecule has 0 bridgehead atoms. The number of piperidine rings is 2. The topological polar surface area (TPSA) is 47.6 Å². The number of urea groups is 1. The number of carbonyl (C=O) groups is 1. The number of nitrogens with zero attached hydrogens (tertiary/aromatic N) is 2. The maximum atomic E-state index is 13.4. The fourth-order valence-electron chi connectivity index (χ4n) is 5.25. The van der Waals surface area contributed by atoms with Gasteiger partial charge in [0.25, 0.3) is 0 Å². The minimum atomic E-state index is -0.526. The van der Waals surface area contributed by atoms with Crippen molar-refractivity contribution in [3.05, 3.63) is 62.8 Å². The molecule has 0 saturated carbocycles. The highest BCUT2D eigenvalue weighted by molar-refractivity contribution is 6.42. The van der Waals surface area contributed by atoms with Gasteiger partial charge < -0.3 is 20.4 Å². The molecular formula is C27H34Cl3FN4O. The Kier molecular flexibility index (Phi) is 10.1. The van der Waals surface area contributed by atoms with Gasteiger partial charge >= 0.3 is 6.03 Å². The molecule has 2 aromatic carbocycles. The number of rotatable bonds is 8. The molecule has 0 radical (unpaired) electrons. The third-order valence-electron chi connectivity index (χ3n) is 7.36. The molecular weight excluding hydrogens is 522 g/mol. The third-order valence-corrected chi connectivity index (χ3v) is 8.39. The molecule has 2 heterocycles. The van der Waals surface area contributed by atoms with Crippen molar-refractivity contribution in [2.45, 2.75) is 50.5 Å². The van der Waals surface area contributed by atoms with Gasteiger partial charge in [0.15, 0.2) is 0 Å². The first-order valence-corrected chi connectivity index (χ1v) is 13.9. The Hall–Kier alpha value is -1.57. The average molecular weight is 556 g/mol. The molecule has 9 heteroatoms. The fraction of sp³-hybridized carbons (Fsp3) is 0.519. The standard InChI is InChI=1S/C27H34Cl3FN4O/c28-23-6-4-19(16-24(23)29)20(18-32-27(36)33-21-5-7-26(31)25(30)17-21)8-13-34-14-9-22(10-15-34)35-11-2-1-3-12-35/h4-7,16-17,20,22H,1-3,8-15,18H2,(H2,32,33,36). The lowest BCUT2D eigenvalue weighted by molar-refractivity contribution is 0.0912. The monoisotopic (exact) mass is 554 g/mol. The summed E-state index contributed by atoms with van der Waals surface area (Å²) < 4.78 is 13.4. The molecule has 0 aliphatic carbocycles. The third kappa shape index (κ3) is 7.72. The van der Waals surface area contributed by atoms with Crippen LogP contribution in [0, 0.1) is 5.82 Å². The maximum absolute atomic E-state index is 13.4. The van der Waals surface area contributed by atoms with E-state index in [-0.39, 0.29) is 17.0 Å². The Balaban J connectivity index is 1.32.